The predicted molar refractivity (Wildman–Crippen MR) is 141 cm³/mol. The molecular formula is C28H32N6O2. The number of hydrogen-bond donors (Lipinski definition) is 1. The number of rotatable bonds is 5. The predicted octanol–water partition coefficient (Wildman–Crippen LogP) is 5.94. The molecule has 8 heteroatoms. The summed E-state index contributed by atoms with van der Waals surface area (Å²) in [6, 6.07) is 14.2. The van der Waals surface area contributed by atoms with Gasteiger partial charge in [-0.05, 0) is 57.4 Å². The van der Waals surface area contributed by atoms with Crippen LogP contribution < -0.4 is 5.32 Å². The fraction of sp³-hybridized carbons (Fsp3) is 0.357. The molecule has 5 rings (SSSR count). The highest BCUT2D eigenvalue weighted by Gasteiger charge is 2.20. The summed E-state index contributed by atoms with van der Waals surface area (Å²) < 4.78 is 7.75. The molecule has 8 nitrogen and oxygen atoms in total. The number of fused-ring (bicyclic) bond motifs is 2. The van der Waals surface area contributed by atoms with Crippen molar-refractivity contribution >= 4 is 28.6 Å². The van der Waals surface area contributed by atoms with E-state index in [0.29, 0.717) is 12.5 Å². The van der Waals surface area contributed by atoms with Crippen molar-refractivity contribution in [1.82, 2.24) is 24.4 Å². The number of hydrogen-bond acceptors (Lipinski definition) is 6. The number of ether oxygens (including phenoxy) is 1. The van der Waals surface area contributed by atoms with Gasteiger partial charge >= 0.3 is 6.09 Å². The number of aryl methyl sites for hydroxylation is 1. The smallest absolute Gasteiger partial charge is 0.410 e. The van der Waals surface area contributed by atoms with Crippen LogP contribution in [0, 0.1) is 0 Å². The van der Waals surface area contributed by atoms with Gasteiger partial charge in [-0.3, -0.25) is 0 Å². The lowest BCUT2D eigenvalue weighted by molar-refractivity contribution is 0.0285. The molecule has 1 amide bonds. The number of aromatic nitrogens is 4. The molecule has 0 saturated carbocycles. The van der Waals surface area contributed by atoms with Gasteiger partial charge < -0.3 is 19.5 Å². The van der Waals surface area contributed by atoms with Crippen LogP contribution in [0.5, 0.6) is 0 Å². The molecule has 1 aliphatic heterocycles. The number of carbonyl (C=O) groups is 1. The molecule has 0 aliphatic carbocycles. The highest BCUT2D eigenvalue weighted by molar-refractivity contribution is 5.84. The summed E-state index contributed by atoms with van der Waals surface area (Å²) in [6.07, 6.45) is 6.91. The number of imidazole rings is 1. The Hall–Kier alpha value is -3.94. The van der Waals surface area contributed by atoms with Gasteiger partial charge in [0.1, 0.15) is 11.4 Å². The number of nitrogens with one attached hydrogen (secondary N) is 1. The first kappa shape index (κ1) is 23.8. The van der Waals surface area contributed by atoms with Crippen molar-refractivity contribution in [1.29, 1.82) is 0 Å². The Morgan fingerprint density at radius 1 is 1.08 bits per heavy atom. The van der Waals surface area contributed by atoms with Crippen molar-refractivity contribution < 1.29 is 9.53 Å². The first-order valence-electron chi connectivity index (χ1n) is 12.4. The molecule has 1 aliphatic rings. The van der Waals surface area contributed by atoms with Gasteiger partial charge in [0.2, 0.25) is 5.95 Å². The van der Waals surface area contributed by atoms with E-state index in [1.165, 1.54) is 18.7 Å². The van der Waals surface area contributed by atoms with Gasteiger partial charge in [0.15, 0.2) is 0 Å². The fourth-order valence-electron chi connectivity index (χ4n) is 4.39. The van der Waals surface area contributed by atoms with Gasteiger partial charge in [0.05, 0.1) is 17.4 Å². The second-order valence-electron chi connectivity index (χ2n) is 10.3. The van der Waals surface area contributed by atoms with Gasteiger partial charge in [0, 0.05) is 49.4 Å². The van der Waals surface area contributed by atoms with Gasteiger partial charge in [-0.15, -0.1) is 0 Å². The quantitative estimate of drug-likeness (QED) is 0.377. The van der Waals surface area contributed by atoms with Crippen LogP contribution in [-0.2, 0) is 24.2 Å². The number of carbonyl (C=O) groups excluding carboxylic acids is 1. The van der Waals surface area contributed by atoms with Crippen LogP contribution in [0.15, 0.2) is 54.9 Å². The van der Waals surface area contributed by atoms with E-state index in [-0.39, 0.29) is 6.09 Å². The van der Waals surface area contributed by atoms with Gasteiger partial charge in [-0.1, -0.05) is 24.3 Å². The Bertz CT molecular complexity index is 1390. The van der Waals surface area contributed by atoms with Crippen molar-refractivity contribution in [3.8, 4) is 11.3 Å². The SMILES string of the molecule is CN(Cc1ccc(Nc2ncc3ccc(-c4cnc5n4CCCC5)cc3n2)cc1)C(=O)OC(C)(C)C. The summed E-state index contributed by atoms with van der Waals surface area (Å²) in [6.45, 7) is 7.06. The van der Waals surface area contributed by atoms with Gasteiger partial charge in [-0.25, -0.2) is 19.7 Å². The molecule has 0 spiro atoms. The molecule has 0 unspecified atom stereocenters. The maximum Gasteiger partial charge on any atom is 0.410 e. The molecular weight excluding hydrogens is 452 g/mol. The second-order valence-corrected chi connectivity index (χ2v) is 10.3. The van der Waals surface area contributed by atoms with Gasteiger partial charge in [-0.2, -0.15) is 0 Å². The van der Waals surface area contributed by atoms with E-state index in [1.54, 1.807) is 11.9 Å². The molecule has 186 valence electrons. The number of amides is 1. The van der Waals surface area contributed by atoms with E-state index >= 15 is 0 Å². The Kier molecular flexibility index (Phi) is 6.35. The molecule has 4 aromatic rings. The van der Waals surface area contributed by atoms with E-state index in [4.69, 9.17) is 9.72 Å². The molecule has 3 heterocycles. The minimum Gasteiger partial charge on any atom is -0.444 e. The molecule has 2 aromatic carbocycles. The third-order valence-corrected chi connectivity index (χ3v) is 6.18. The minimum absolute atomic E-state index is 0.343. The van der Waals surface area contributed by atoms with Crippen LogP contribution in [0.1, 0.15) is 45.0 Å². The highest BCUT2D eigenvalue weighted by Crippen LogP contribution is 2.28. The molecule has 2 aromatic heterocycles. The fourth-order valence-corrected chi connectivity index (χ4v) is 4.39. The average Bonchev–Trinajstić information content (AvgIpc) is 3.28. The summed E-state index contributed by atoms with van der Waals surface area (Å²) in [7, 11) is 1.73. The molecule has 0 radical (unpaired) electrons. The van der Waals surface area contributed by atoms with Crippen LogP contribution in [0.4, 0.5) is 16.4 Å². The molecule has 36 heavy (non-hydrogen) atoms. The molecule has 0 saturated heterocycles. The van der Waals surface area contributed by atoms with Crippen LogP contribution >= 0.6 is 0 Å². The van der Waals surface area contributed by atoms with Crippen molar-refractivity contribution in [2.24, 2.45) is 0 Å². The number of anilines is 2. The van der Waals surface area contributed by atoms with E-state index in [2.05, 4.69) is 38.1 Å². The number of benzene rings is 2. The standard InChI is InChI=1S/C28H32N6O2/c1-28(2,3)36-27(35)33(4)18-19-8-12-22(13-9-19)31-26-30-16-21-11-10-20(15-23(21)32-26)24-17-29-25-7-5-6-14-34(24)25/h8-13,15-17H,5-7,14,18H2,1-4H3,(H,30,31,32). The number of nitrogens with zero attached hydrogens (tertiary/aromatic N) is 5. The van der Waals surface area contributed by atoms with Crippen LogP contribution in [-0.4, -0.2) is 43.2 Å². The zero-order valence-corrected chi connectivity index (χ0v) is 21.3. The monoisotopic (exact) mass is 484 g/mol. The lowest BCUT2D eigenvalue weighted by Crippen LogP contribution is -2.33. The van der Waals surface area contributed by atoms with E-state index in [0.717, 1.165) is 46.4 Å². The van der Waals surface area contributed by atoms with Crippen molar-refractivity contribution in [3.05, 3.63) is 66.2 Å². The third-order valence-electron chi connectivity index (χ3n) is 6.18. The maximum atomic E-state index is 12.2. The third kappa shape index (κ3) is 5.32. The van der Waals surface area contributed by atoms with Crippen LogP contribution in [0.25, 0.3) is 22.2 Å². The Labute approximate surface area is 211 Å². The van der Waals surface area contributed by atoms with E-state index in [9.17, 15) is 4.79 Å². The minimum atomic E-state index is -0.516. The summed E-state index contributed by atoms with van der Waals surface area (Å²) >= 11 is 0. The van der Waals surface area contributed by atoms with E-state index in [1.807, 2.05) is 57.4 Å². The maximum absolute atomic E-state index is 12.2. The van der Waals surface area contributed by atoms with E-state index < -0.39 is 5.60 Å². The van der Waals surface area contributed by atoms with Crippen molar-refractivity contribution in [2.45, 2.75) is 58.7 Å². The van der Waals surface area contributed by atoms with Crippen LogP contribution in [0.3, 0.4) is 0 Å². The molecule has 0 atom stereocenters. The Morgan fingerprint density at radius 2 is 1.89 bits per heavy atom. The average molecular weight is 485 g/mol. The lowest BCUT2D eigenvalue weighted by Gasteiger charge is -2.24. The summed E-state index contributed by atoms with van der Waals surface area (Å²) in [5, 5.41) is 4.28. The van der Waals surface area contributed by atoms with Crippen molar-refractivity contribution in [2.75, 3.05) is 12.4 Å². The highest BCUT2D eigenvalue weighted by atomic mass is 16.6. The first-order valence-corrected chi connectivity index (χ1v) is 12.4. The Morgan fingerprint density at radius 3 is 2.67 bits per heavy atom. The zero-order valence-electron chi connectivity index (χ0n) is 21.3. The lowest BCUT2D eigenvalue weighted by atomic mass is 10.1. The summed E-state index contributed by atoms with van der Waals surface area (Å²) in [4.78, 5) is 27.7. The summed E-state index contributed by atoms with van der Waals surface area (Å²) in [5.74, 6) is 1.70. The molecule has 0 bridgehead atoms. The molecule has 1 N–H and O–H groups in total. The summed E-state index contributed by atoms with van der Waals surface area (Å²) in [5.41, 5.74) is 4.50. The van der Waals surface area contributed by atoms with Gasteiger partial charge in [0.25, 0.3) is 0 Å². The normalized spacial score (nSPS) is 13.3. The van der Waals surface area contributed by atoms with Crippen molar-refractivity contribution in [3.63, 3.8) is 0 Å². The first-order chi connectivity index (χ1) is 17.2. The second kappa shape index (κ2) is 9.60. The largest absolute Gasteiger partial charge is 0.444 e. The van der Waals surface area contributed by atoms with Crippen LogP contribution in [0.2, 0.25) is 0 Å². The topological polar surface area (TPSA) is 85.2 Å². The zero-order chi connectivity index (χ0) is 25.3. The molecule has 0 fully saturated rings. The Balaban J connectivity index is 1.29.